The van der Waals surface area contributed by atoms with Crippen LogP contribution >= 0.6 is 11.6 Å². The Labute approximate surface area is 186 Å². The number of nitrogens with zero attached hydrogens (tertiary/aromatic N) is 2. The predicted molar refractivity (Wildman–Crippen MR) is 121 cm³/mol. The van der Waals surface area contributed by atoms with Crippen molar-refractivity contribution in [2.75, 3.05) is 13.7 Å². The van der Waals surface area contributed by atoms with Crippen LogP contribution in [0.4, 0.5) is 0 Å². The molecule has 3 heterocycles. The van der Waals surface area contributed by atoms with E-state index in [0.29, 0.717) is 23.8 Å². The van der Waals surface area contributed by atoms with Gasteiger partial charge in [-0.05, 0) is 57.9 Å². The summed E-state index contributed by atoms with van der Waals surface area (Å²) >= 11 is 6.44. The molecular formula is C24H27ClN2O4. The standard InChI is InChI=1S/C24H27ClN2O4/c1-13-12-31-19-10-15(25)9-17-18(11-24(3,4)23(28)29)21(27(13)22(17)19)16-7-6-8-26-20(16)14(2)30-5/h6-10,13-14H,11-12H2,1-5H3,(H,28,29)/t13?,14-/m0/s1. The van der Waals surface area contributed by atoms with E-state index >= 15 is 0 Å². The summed E-state index contributed by atoms with van der Waals surface area (Å²) < 4.78 is 13.9. The van der Waals surface area contributed by atoms with Crippen LogP contribution in [0.1, 0.15) is 51.1 Å². The number of rotatable bonds is 6. The SMILES string of the molecule is CO[C@@H](C)c1ncccc1-c1c(CC(C)(C)C(=O)O)c2cc(Cl)cc3c2n1C(C)CO3. The van der Waals surface area contributed by atoms with E-state index in [9.17, 15) is 9.90 Å². The van der Waals surface area contributed by atoms with Crippen molar-refractivity contribution >= 4 is 28.5 Å². The van der Waals surface area contributed by atoms with E-state index in [4.69, 9.17) is 21.1 Å². The zero-order valence-corrected chi connectivity index (χ0v) is 19.2. The van der Waals surface area contributed by atoms with Gasteiger partial charge in [0.2, 0.25) is 0 Å². The average Bonchev–Trinajstić information content (AvgIpc) is 3.04. The summed E-state index contributed by atoms with van der Waals surface area (Å²) in [6.45, 7) is 8.05. The second-order valence-electron chi connectivity index (χ2n) is 8.84. The van der Waals surface area contributed by atoms with Gasteiger partial charge in [-0.2, -0.15) is 0 Å². The summed E-state index contributed by atoms with van der Waals surface area (Å²) in [7, 11) is 1.66. The van der Waals surface area contributed by atoms with E-state index in [-0.39, 0.29) is 12.1 Å². The molecule has 0 spiro atoms. The minimum Gasteiger partial charge on any atom is -0.489 e. The highest BCUT2D eigenvalue weighted by atomic mass is 35.5. The molecule has 3 aromatic rings. The second-order valence-corrected chi connectivity index (χ2v) is 9.27. The largest absolute Gasteiger partial charge is 0.489 e. The summed E-state index contributed by atoms with van der Waals surface area (Å²) in [6.07, 6.45) is 1.87. The third-order valence-corrected chi connectivity index (χ3v) is 6.30. The lowest BCUT2D eigenvalue weighted by Crippen LogP contribution is -2.26. The van der Waals surface area contributed by atoms with Crippen LogP contribution < -0.4 is 4.74 Å². The van der Waals surface area contributed by atoms with Gasteiger partial charge in [-0.25, -0.2) is 0 Å². The van der Waals surface area contributed by atoms with E-state index in [1.54, 1.807) is 27.2 Å². The van der Waals surface area contributed by atoms with E-state index in [1.807, 2.05) is 31.2 Å². The van der Waals surface area contributed by atoms with Crippen molar-refractivity contribution in [2.45, 2.75) is 46.3 Å². The molecule has 164 valence electrons. The van der Waals surface area contributed by atoms with Crippen LogP contribution in [0.5, 0.6) is 5.75 Å². The number of aliphatic carboxylic acids is 1. The van der Waals surface area contributed by atoms with Gasteiger partial charge in [0.15, 0.2) is 0 Å². The number of halogens is 1. The van der Waals surface area contributed by atoms with E-state index < -0.39 is 11.4 Å². The van der Waals surface area contributed by atoms with Gasteiger partial charge in [0, 0.05) is 35.3 Å². The third kappa shape index (κ3) is 3.58. The molecule has 0 amide bonds. The summed E-state index contributed by atoms with van der Waals surface area (Å²) in [4.78, 5) is 16.6. The summed E-state index contributed by atoms with van der Waals surface area (Å²) in [5.74, 6) is -0.135. The molecule has 0 bridgehead atoms. The molecule has 1 aliphatic rings. The number of ether oxygens (including phenoxy) is 2. The lowest BCUT2D eigenvalue weighted by molar-refractivity contribution is -0.146. The Morgan fingerprint density at radius 3 is 2.87 bits per heavy atom. The highest BCUT2D eigenvalue weighted by molar-refractivity contribution is 6.31. The monoisotopic (exact) mass is 442 g/mol. The van der Waals surface area contributed by atoms with Gasteiger partial charge < -0.3 is 19.1 Å². The van der Waals surface area contributed by atoms with Crippen LogP contribution in [-0.4, -0.2) is 34.3 Å². The Morgan fingerprint density at radius 2 is 2.19 bits per heavy atom. The molecule has 1 N–H and O–H groups in total. The third-order valence-electron chi connectivity index (χ3n) is 6.08. The molecule has 0 radical (unpaired) electrons. The number of aromatic nitrogens is 2. The maximum absolute atomic E-state index is 12.0. The van der Waals surface area contributed by atoms with Crippen molar-refractivity contribution < 1.29 is 19.4 Å². The molecule has 0 saturated carbocycles. The number of pyridine rings is 1. The average molecular weight is 443 g/mol. The number of carboxylic acids is 1. The fourth-order valence-electron chi connectivity index (χ4n) is 4.32. The molecule has 1 aliphatic heterocycles. The number of methoxy groups -OCH3 is 1. The Kier molecular flexibility index (Phi) is 5.48. The van der Waals surface area contributed by atoms with Crippen molar-refractivity contribution in [1.82, 2.24) is 9.55 Å². The minimum absolute atomic E-state index is 0.0544. The van der Waals surface area contributed by atoms with Crippen molar-refractivity contribution in [1.29, 1.82) is 0 Å². The first-order chi connectivity index (χ1) is 14.7. The number of hydrogen-bond donors (Lipinski definition) is 1. The first-order valence-electron chi connectivity index (χ1n) is 10.4. The molecule has 31 heavy (non-hydrogen) atoms. The molecule has 0 saturated heterocycles. The molecule has 6 nitrogen and oxygen atoms in total. The number of hydrogen-bond acceptors (Lipinski definition) is 4. The highest BCUT2D eigenvalue weighted by Gasteiger charge is 2.35. The van der Waals surface area contributed by atoms with Crippen LogP contribution in [0.2, 0.25) is 5.02 Å². The molecule has 2 atom stereocenters. The number of carboxylic acid groups (broad SMARTS) is 1. The van der Waals surface area contributed by atoms with Gasteiger partial charge in [0.05, 0.1) is 34.5 Å². The Hall–Kier alpha value is -2.57. The summed E-state index contributed by atoms with van der Waals surface area (Å²) in [6, 6.07) is 7.71. The fraction of sp³-hybridized carbons (Fsp3) is 0.417. The zero-order chi connectivity index (χ0) is 22.5. The second kappa shape index (κ2) is 7.84. The van der Waals surface area contributed by atoms with E-state index in [2.05, 4.69) is 16.5 Å². The van der Waals surface area contributed by atoms with Gasteiger partial charge in [-0.1, -0.05) is 11.6 Å². The van der Waals surface area contributed by atoms with Gasteiger partial charge in [0.1, 0.15) is 12.4 Å². The van der Waals surface area contributed by atoms with Gasteiger partial charge >= 0.3 is 5.97 Å². The molecule has 1 unspecified atom stereocenters. The lowest BCUT2D eigenvalue weighted by Gasteiger charge is -2.27. The quantitative estimate of drug-likeness (QED) is 0.532. The van der Waals surface area contributed by atoms with Gasteiger partial charge in [-0.3, -0.25) is 9.78 Å². The van der Waals surface area contributed by atoms with Gasteiger partial charge in [-0.15, -0.1) is 0 Å². The van der Waals surface area contributed by atoms with Crippen LogP contribution in [0.15, 0.2) is 30.5 Å². The first kappa shape index (κ1) is 21.7. The van der Waals surface area contributed by atoms with Crippen LogP contribution in [0.3, 0.4) is 0 Å². The minimum atomic E-state index is -0.969. The van der Waals surface area contributed by atoms with Crippen molar-refractivity contribution in [3.63, 3.8) is 0 Å². The van der Waals surface area contributed by atoms with Crippen LogP contribution in [0, 0.1) is 5.41 Å². The Morgan fingerprint density at radius 1 is 1.45 bits per heavy atom. The molecule has 0 fully saturated rings. The number of benzene rings is 1. The maximum Gasteiger partial charge on any atom is 0.309 e. The van der Waals surface area contributed by atoms with Crippen LogP contribution in [0.25, 0.3) is 22.2 Å². The molecule has 1 aromatic carbocycles. The normalized spacial score (nSPS) is 16.9. The molecule has 2 aromatic heterocycles. The smallest absolute Gasteiger partial charge is 0.309 e. The fourth-order valence-corrected chi connectivity index (χ4v) is 4.52. The predicted octanol–water partition coefficient (Wildman–Crippen LogP) is 5.67. The zero-order valence-electron chi connectivity index (χ0n) is 18.4. The molecule has 4 rings (SSSR count). The van der Waals surface area contributed by atoms with Crippen molar-refractivity contribution in [3.8, 4) is 17.0 Å². The van der Waals surface area contributed by atoms with E-state index in [1.165, 1.54) is 0 Å². The first-order valence-corrected chi connectivity index (χ1v) is 10.7. The summed E-state index contributed by atoms with van der Waals surface area (Å²) in [5.41, 5.74) is 3.60. The lowest BCUT2D eigenvalue weighted by atomic mass is 9.84. The summed E-state index contributed by atoms with van der Waals surface area (Å²) in [5, 5.41) is 11.3. The molecule has 7 heteroatoms. The van der Waals surface area contributed by atoms with Crippen molar-refractivity contribution in [2.24, 2.45) is 5.41 Å². The van der Waals surface area contributed by atoms with Crippen molar-refractivity contribution in [3.05, 3.63) is 46.7 Å². The maximum atomic E-state index is 12.0. The molecule has 0 aliphatic carbocycles. The number of carbonyl (C=O) groups is 1. The topological polar surface area (TPSA) is 73.6 Å². The molecular weight excluding hydrogens is 416 g/mol. The van der Waals surface area contributed by atoms with E-state index in [0.717, 1.165) is 33.4 Å². The van der Waals surface area contributed by atoms with Gasteiger partial charge in [0.25, 0.3) is 0 Å². The Bertz CT molecular complexity index is 1170. The van der Waals surface area contributed by atoms with Crippen LogP contribution in [-0.2, 0) is 16.0 Å². The Balaban J connectivity index is 2.13. The highest BCUT2D eigenvalue weighted by Crippen LogP contribution is 2.47.